The van der Waals surface area contributed by atoms with Crippen LogP contribution in [0.25, 0.3) is 79.0 Å². The minimum absolute atomic E-state index is 0.00573. The minimum Gasteiger partial charge on any atom is -0.355 e. The van der Waals surface area contributed by atoms with Gasteiger partial charge < -0.3 is 9.88 Å². The van der Waals surface area contributed by atoms with Gasteiger partial charge in [0.05, 0.1) is 5.52 Å². The number of hydrogen-bond acceptors (Lipinski definition) is 3. The van der Waals surface area contributed by atoms with Gasteiger partial charge in [0.15, 0.2) is 7.28 Å². The normalized spacial score (nSPS) is 13.1. The summed E-state index contributed by atoms with van der Waals surface area (Å²) in [7, 11) is 0.874. The van der Waals surface area contributed by atoms with Gasteiger partial charge >= 0.3 is 0 Å². The number of anilines is 2. The molecule has 0 bridgehead atoms. The molecular weight excluding hydrogens is 704 g/mol. The number of nitrogens with zero attached hydrogens (tertiary/aromatic N) is 1. The van der Waals surface area contributed by atoms with Crippen LogP contribution in [0, 0.1) is 0 Å². The molecule has 55 heavy (non-hydrogen) atoms. The Morgan fingerprint density at radius 1 is 0.509 bits per heavy atom. The predicted molar refractivity (Wildman–Crippen MR) is 246 cm³/mol. The Bertz CT molecular complexity index is 3220. The fourth-order valence-electron chi connectivity index (χ4n) is 8.97. The van der Waals surface area contributed by atoms with Crippen molar-refractivity contribution in [3.63, 3.8) is 0 Å². The first-order valence-electron chi connectivity index (χ1n) is 19.4. The predicted octanol–water partition coefficient (Wildman–Crippen LogP) is 13.2. The molecule has 7 aromatic carbocycles. The van der Waals surface area contributed by atoms with Crippen LogP contribution in [0.4, 0.5) is 11.4 Å². The first-order chi connectivity index (χ1) is 26.5. The number of fused-ring (bicyclic) bond motifs is 11. The number of hydrogen-bond donors (Lipinski definition) is 1. The van der Waals surface area contributed by atoms with E-state index in [0.717, 1.165) is 18.7 Å². The molecule has 3 aromatic heterocycles. The van der Waals surface area contributed by atoms with E-state index in [4.69, 9.17) is 0 Å². The molecule has 1 N–H and O–H groups in total. The van der Waals surface area contributed by atoms with Gasteiger partial charge in [0.1, 0.15) is 0 Å². The molecule has 0 amide bonds. The lowest BCUT2D eigenvalue weighted by Gasteiger charge is -2.26. The third-order valence-electron chi connectivity index (χ3n) is 11.9. The first-order valence-corrected chi connectivity index (χ1v) is 21.0. The average Bonchev–Trinajstić information content (AvgIpc) is 3.82. The summed E-state index contributed by atoms with van der Waals surface area (Å²) in [6.45, 7) is 13.8. The fraction of sp³-hybridized carbons (Fsp3) is 0.160. The van der Waals surface area contributed by atoms with Crippen LogP contribution in [0.1, 0.15) is 52.7 Å². The van der Waals surface area contributed by atoms with E-state index in [-0.39, 0.29) is 10.8 Å². The van der Waals surface area contributed by atoms with Crippen LogP contribution in [0.5, 0.6) is 0 Å². The lowest BCUT2D eigenvalue weighted by atomic mass is 9.59. The summed E-state index contributed by atoms with van der Waals surface area (Å²) in [5, 5.41) is 11.9. The van der Waals surface area contributed by atoms with Crippen LogP contribution in [0.15, 0.2) is 127 Å². The van der Waals surface area contributed by atoms with E-state index in [2.05, 4.69) is 179 Å². The molecular formula is C50H41BN2S2. The van der Waals surface area contributed by atoms with E-state index in [1.807, 2.05) is 22.7 Å². The largest absolute Gasteiger partial charge is 0.355 e. The summed E-state index contributed by atoms with van der Waals surface area (Å²) >= 11 is 3.82. The topological polar surface area (TPSA) is 17.0 Å². The van der Waals surface area contributed by atoms with Crippen molar-refractivity contribution in [3.05, 3.63) is 139 Å². The zero-order chi connectivity index (χ0) is 37.4. The molecule has 10 aromatic rings. The quantitative estimate of drug-likeness (QED) is 0.178. The van der Waals surface area contributed by atoms with Gasteiger partial charge in [0.25, 0.3) is 0 Å². The molecule has 0 saturated carbocycles. The lowest BCUT2D eigenvalue weighted by Crippen LogP contribution is -2.37. The maximum atomic E-state index is 3.88. The van der Waals surface area contributed by atoms with Crippen molar-refractivity contribution in [3.8, 4) is 16.8 Å². The van der Waals surface area contributed by atoms with Crippen molar-refractivity contribution in [1.29, 1.82) is 0 Å². The Morgan fingerprint density at radius 3 is 1.84 bits per heavy atom. The molecule has 11 rings (SSSR count). The highest BCUT2D eigenvalue weighted by atomic mass is 32.1. The molecule has 0 fully saturated rings. The van der Waals surface area contributed by atoms with Crippen LogP contribution in [-0.2, 0) is 10.8 Å². The third-order valence-corrected chi connectivity index (χ3v) is 14.2. The van der Waals surface area contributed by atoms with Crippen molar-refractivity contribution >= 4 is 114 Å². The maximum Gasteiger partial charge on any atom is 0.198 e. The number of rotatable bonds is 3. The standard InChI is InChI=1S/C50H41BN2S2/c1-49(2,3)28-15-18-30(19-16-28)52-40-22-17-29(50(4,5)6)23-35(40)33-20-21-34-36-26-45-37(31-11-7-9-13-43(31)54-45)24-41(36)53-42-25-38-32-12-8-10-14-44(32)55-46(38)27-39(42)51-47(33)48(34)53/h7-27,51-52H,1-6H3. The molecule has 4 heterocycles. The Morgan fingerprint density at radius 2 is 1.15 bits per heavy atom. The molecule has 266 valence electrons. The van der Waals surface area contributed by atoms with Gasteiger partial charge in [0.2, 0.25) is 0 Å². The number of benzene rings is 7. The second-order valence-electron chi connectivity index (χ2n) is 17.5. The summed E-state index contributed by atoms with van der Waals surface area (Å²) in [5.41, 5.74) is 14.3. The van der Waals surface area contributed by atoms with E-state index < -0.39 is 0 Å². The second kappa shape index (κ2) is 11.6. The summed E-state index contributed by atoms with van der Waals surface area (Å²) in [6.07, 6.45) is 0. The highest BCUT2D eigenvalue weighted by molar-refractivity contribution is 7.26. The van der Waals surface area contributed by atoms with Gasteiger partial charge in [0, 0.05) is 79.3 Å². The van der Waals surface area contributed by atoms with E-state index >= 15 is 0 Å². The fourth-order valence-corrected chi connectivity index (χ4v) is 11.2. The van der Waals surface area contributed by atoms with Gasteiger partial charge in [-0.2, -0.15) is 0 Å². The van der Waals surface area contributed by atoms with Crippen LogP contribution >= 0.6 is 22.7 Å². The monoisotopic (exact) mass is 744 g/mol. The number of thiophene rings is 2. The van der Waals surface area contributed by atoms with E-state index in [0.29, 0.717) is 0 Å². The second-order valence-corrected chi connectivity index (χ2v) is 19.7. The molecule has 1 aliphatic heterocycles. The van der Waals surface area contributed by atoms with Crippen LogP contribution in [-0.4, -0.2) is 11.8 Å². The van der Waals surface area contributed by atoms with Gasteiger partial charge in [-0.25, -0.2) is 0 Å². The molecule has 0 unspecified atom stereocenters. The molecule has 5 heteroatoms. The molecule has 1 aliphatic rings. The van der Waals surface area contributed by atoms with Crippen molar-refractivity contribution < 1.29 is 0 Å². The number of nitrogens with one attached hydrogen (secondary N) is 1. The molecule has 0 spiro atoms. The van der Waals surface area contributed by atoms with E-state index in [1.165, 1.54) is 101 Å². The van der Waals surface area contributed by atoms with E-state index in [1.54, 1.807) is 0 Å². The lowest BCUT2D eigenvalue weighted by molar-refractivity contribution is 0.590. The van der Waals surface area contributed by atoms with Crippen molar-refractivity contribution in [2.24, 2.45) is 0 Å². The zero-order valence-corrected chi connectivity index (χ0v) is 33.7. The molecule has 0 radical (unpaired) electrons. The molecule has 0 saturated heterocycles. The maximum absolute atomic E-state index is 3.88. The highest BCUT2D eigenvalue weighted by Gasteiger charge is 2.29. The summed E-state index contributed by atoms with van der Waals surface area (Å²) < 4.78 is 8.01. The Balaban J connectivity index is 1.20. The zero-order valence-electron chi connectivity index (χ0n) is 32.1. The van der Waals surface area contributed by atoms with Crippen molar-refractivity contribution in [2.45, 2.75) is 52.4 Å². The van der Waals surface area contributed by atoms with Crippen LogP contribution in [0.3, 0.4) is 0 Å². The van der Waals surface area contributed by atoms with Crippen LogP contribution < -0.4 is 16.2 Å². The van der Waals surface area contributed by atoms with Gasteiger partial charge in [-0.3, -0.25) is 0 Å². The van der Waals surface area contributed by atoms with Gasteiger partial charge in [-0.1, -0.05) is 114 Å². The SMILES string of the molecule is CC(C)(C)c1ccc(Nc2ccc(C(C)(C)C)cc2-c2ccc3c4cc5sc6ccccc6c5cc4n4c3c2Bc2cc3sc5ccccc5c3cc2-4)cc1. The highest BCUT2D eigenvalue weighted by Crippen LogP contribution is 2.44. The van der Waals surface area contributed by atoms with E-state index in [9.17, 15) is 0 Å². The first kappa shape index (κ1) is 33.0. The Labute approximate surface area is 330 Å². The Kier molecular flexibility index (Phi) is 6.95. The summed E-state index contributed by atoms with van der Waals surface area (Å²) in [6, 6.07) is 48.5. The minimum atomic E-state index is 0.00573. The van der Waals surface area contributed by atoms with Gasteiger partial charge in [-0.05, 0) is 93.6 Å². The number of aromatic nitrogens is 1. The van der Waals surface area contributed by atoms with Crippen LogP contribution in [0.2, 0.25) is 0 Å². The molecule has 2 nitrogen and oxygen atoms in total. The molecule has 0 atom stereocenters. The summed E-state index contributed by atoms with van der Waals surface area (Å²) in [4.78, 5) is 0. The smallest absolute Gasteiger partial charge is 0.198 e. The third kappa shape index (κ3) is 5.06. The Hall–Kier alpha value is -5.36. The van der Waals surface area contributed by atoms with Gasteiger partial charge in [-0.15, -0.1) is 22.7 Å². The van der Waals surface area contributed by atoms with Crippen molar-refractivity contribution in [2.75, 3.05) is 5.32 Å². The average molecular weight is 745 g/mol. The summed E-state index contributed by atoms with van der Waals surface area (Å²) in [5.74, 6) is 0. The molecule has 0 aliphatic carbocycles. The van der Waals surface area contributed by atoms with Crippen molar-refractivity contribution in [1.82, 2.24) is 4.57 Å².